The molecule has 0 spiro atoms. The van der Waals surface area contributed by atoms with E-state index in [2.05, 4.69) is 17.9 Å². The van der Waals surface area contributed by atoms with Gasteiger partial charge in [0.05, 0.1) is 0 Å². The summed E-state index contributed by atoms with van der Waals surface area (Å²) in [6, 6.07) is 8.19. The fourth-order valence-corrected chi connectivity index (χ4v) is 3.30. The molecule has 3 heteroatoms. The zero-order valence-corrected chi connectivity index (χ0v) is 11.9. The van der Waals surface area contributed by atoms with E-state index in [4.69, 9.17) is 5.73 Å². The maximum atomic E-state index is 9.57. The Morgan fingerprint density at radius 3 is 2.79 bits per heavy atom. The molecule has 0 saturated heterocycles. The molecular formula is C16H26N2O. The van der Waals surface area contributed by atoms with E-state index in [1.54, 1.807) is 6.07 Å². The van der Waals surface area contributed by atoms with Crippen molar-refractivity contribution in [3.63, 3.8) is 0 Å². The lowest BCUT2D eigenvalue weighted by Gasteiger charge is -2.39. The number of nitrogens with zero attached hydrogens (tertiary/aromatic N) is 1. The molecule has 1 fully saturated rings. The average Bonchev–Trinajstić information content (AvgIpc) is 2.45. The van der Waals surface area contributed by atoms with Crippen molar-refractivity contribution in [1.82, 2.24) is 4.90 Å². The van der Waals surface area contributed by atoms with Crippen molar-refractivity contribution < 1.29 is 5.11 Å². The number of phenolic OH excluding ortho intramolecular Hbond substituents is 1. The number of aromatic hydroxyl groups is 1. The zero-order valence-electron chi connectivity index (χ0n) is 11.9. The largest absolute Gasteiger partial charge is 0.508 e. The SMILES string of the molecule is CCN(Cc1cccc(O)c1)C1CCCCC1CN. The summed E-state index contributed by atoms with van der Waals surface area (Å²) < 4.78 is 0. The summed E-state index contributed by atoms with van der Waals surface area (Å²) in [5, 5.41) is 9.57. The van der Waals surface area contributed by atoms with E-state index in [1.807, 2.05) is 12.1 Å². The minimum Gasteiger partial charge on any atom is -0.508 e. The summed E-state index contributed by atoms with van der Waals surface area (Å²) in [6.45, 7) is 4.95. The Morgan fingerprint density at radius 1 is 1.32 bits per heavy atom. The van der Waals surface area contributed by atoms with Crippen LogP contribution in [0.1, 0.15) is 38.2 Å². The third-order valence-electron chi connectivity index (χ3n) is 4.34. The molecule has 0 aromatic heterocycles. The van der Waals surface area contributed by atoms with Crippen LogP contribution < -0.4 is 5.73 Å². The van der Waals surface area contributed by atoms with Gasteiger partial charge in [-0.25, -0.2) is 0 Å². The molecule has 1 aliphatic rings. The van der Waals surface area contributed by atoms with E-state index in [-0.39, 0.29) is 0 Å². The maximum Gasteiger partial charge on any atom is 0.115 e. The van der Waals surface area contributed by atoms with Crippen LogP contribution in [0.2, 0.25) is 0 Å². The zero-order chi connectivity index (χ0) is 13.7. The van der Waals surface area contributed by atoms with Gasteiger partial charge in [0, 0.05) is 12.6 Å². The van der Waals surface area contributed by atoms with E-state index in [1.165, 1.54) is 31.2 Å². The van der Waals surface area contributed by atoms with Gasteiger partial charge in [0.2, 0.25) is 0 Å². The highest BCUT2D eigenvalue weighted by molar-refractivity contribution is 5.27. The molecule has 1 aromatic rings. The summed E-state index contributed by atoms with van der Waals surface area (Å²) in [4.78, 5) is 2.52. The van der Waals surface area contributed by atoms with E-state index in [0.29, 0.717) is 17.7 Å². The first-order chi connectivity index (χ1) is 9.24. The van der Waals surface area contributed by atoms with Crippen LogP contribution in [0.25, 0.3) is 0 Å². The van der Waals surface area contributed by atoms with Crippen molar-refractivity contribution in [2.75, 3.05) is 13.1 Å². The van der Waals surface area contributed by atoms with Crippen LogP contribution in [0.15, 0.2) is 24.3 Å². The van der Waals surface area contributed by atoms with E-state index < -0.39 is 0 Å². The van der Waals surface area contributed by atoms with Gasteiger partial charge in [-0.1, -0.05) is 31.9 Å². The third kappa shape index (κ3) is 3.71. The summed E-state index contributed by atoms with van der Waals surface area (Å²) in [7, 11) is 0. The second kappa shape index (κ2) is 6.92. The van der Waals surface area contributed by atoms with E-state index in [9.17, 15) is 5.11 Å². The molecule has 0 heterocycles. The van der Waals surface area contributed by atoms with Gasteiger partial charge in [0.25, 0.3) is 0 Å². The molecule has 106 valence electrons. The Bertz CT molecular complexity index is 394. The van der Waals surface area contributed by atoms with Gasteiger partial charge in [-0.3, -0.25) is 4.90 Å². The minimum absolute atomic E-state index is 0.354. The van der Waals surface area contributed by atoms with Gasteiger partial charge in [0.15, 0.2) is 0 Å². The van der Waals surface area contributed by atoms with Gasteiger partial charge in [0.1, 0.15) is 5.75 Å². The first-order valence-corrected chi connectivity index (χ1v) is 7.46. The topological polar surface area (TPSA) is 49.5 Å². The van der Waals surface area contributed by atoms with E-state index >= 15 is 0 Å². The Morgan fingerprint density at radius 2 is 2.11 bits per heavy atom. The summed E-state index contributed by atoms with van der Waals surface area (Å²) >= 11 is 0. The van der Waals surface area contributed by atoms with Crippen LogP contribution in [-0.4, -0.2) is 29.1 Å². The van der Waals surface area contributed by atoms with Gasteiger partial charge in [-0.2, -0.15) is 0 Å². The lowest BCUT2D eigenvalue weighted by atomic mass is 9.83. The Labute approximate surface area is 116 Å². The fourth-order valence-electron chi connectivity index (χ4n) is 3.30. The standard InChI is InChI=1S/C16H26N2O/c1-2-18(12-13-6-5-8-15(19)10-13)16-9-4-3-7-14(16)11-17/h5-6,8,10,14,16,19H,2-4,7,9,11-12,17H2,1H3. The lowest BCUT2D eigenvalue weighted by Crippen LogP contribution is -2.44. The second-order valence-electron chi connectivity index (χ2n) is 5.58. The molecule has 19 heavy (non-hydrogen) atoms. The summed E-state index contributed by atoms with van der Waals surface area (Å²) in [5.41, 5.74) is 7.12. The van der Waals surface area contributed by atoms with E-state index in [0.717, 1.165) is 19.6 Å². The number of nitrogens with two attached hydrogens (primary N) is 1. The van der Waals surface area contributed by atoms with Crippen LogP contribution in [-0.2, 0) is 6.54 Å². The molecule has 0 aliphatic heterocycles. The van der Waals surface area contributed by atoms with Crippen molar-refractivity contribution >= 4 is 0 Å². The van der Waals surface area contributed by atoms with Crippen LogP contribution in [0.3, 0.4) is 0 Å². The van der Waals surface area contributed by atoms with Crippen molar-refractivity contribution in [3.05, 3.63) is 29.8 Å². The highest BCUT2D eigenvalue weighted by Crippen LogP contribution is 2.29. The predicted molar refractivity (Wildman–Crippen MR) is 79.0 cm³/mol. The first-order valence-electron chi connectivity index (χ1n) is 7.46. The highest BCUT2D eigenvalue weighted by atomic mass is 16.3. The number of benzene rings is 1. The molecule has 3 nitrogen and oxygen atoms in total. The Hall–Kier alpha value is -1.06. The van der Waals surface area contributed by atoms with Gasteiger partial charge in [-0.05, 0) is 49.5 Å². The molecule has 1 saturated carbocycles. The normalized spacial score (nSPS) is 23.7. The molecule has 2 unspecified atom stereocenters. The molecule has 0 radical (unpaired) electrons. The maximum absolute atomic E-state index is 9.57. The van der Waals surface area contributed by atoms with Crippen molar-refractivity contribution in [1.29, 1.82) is 0 Å². The molecule has 2 atom stereocenters. The monoisotopic (exact) mass is 262 g/mol. The minimum atomic E-state index is 0.354. The fraction of sp³-hybridized carbons (Fsp3) is 0.625. The lowest BCUT2D eigenvalue weighted by molar-refractivity contribution is 0.105. The smallest absolute Gasteiger partial charge is 0.115 e. The molecule has 3 N–H and O–H groups in total. The average molecular weight is 262 g/mol. The molecule has 1 aromatic carbocycles. The number of rotatable bonds is 5. The van der Waals surface area contributed by atoms with Gasteiger partial charge < -0.3 is 10.8 Å². The Balaban J connectivity index is 2.06. The highest BCUT2D eigenvalue weighted by Gasteiger charge is 2.28. The number of phenols is 1. The first kappa shape index (κ1) is 14.4. The Kier molecular flexibility index (Phi) is 5.23. The van der Waals surface area contributed by atoms with Crippen LogP contribution in [0.5, 0.6) is 5.75 Å². The quantitative estimate of drug-likeness (QED) is 0.858. The van der Waals surface area contributed by atoms with Crippen molar-refractivity contribution in [3.8, 4) is 5.75 Å². The van der Waals surface area contributed by atoms with Crippen LogP contribution in [0.4, 0.5) is 0 Å². The third-order valence-corrected chi connectivity index (χ3v) is 4.34. The number of hydrogen-bond acceptors (Lipinski definition) is 3. The second-order valence-corrected chi connectivity index (χ2v) is 5.58. The molecule has 2 rings (SSSR count). The molecule has 0 amide bonds. The van der Waals surface area contributed by atoms with Crippen LogP contribution in [0, 0.1) is 5.92 Å². The van der Waals surface area contributed by atoms with Crippen molar-refractivity contribution in [2.24, 2.45) is 11.7 Å². The summed E-state index contributed by atoms with van der Waals surface area (Å²) in [6.07, 6.45) is 5.16. The predicted octanol–water partition coefficient (Wildman–Crippen LogP) is 2.73. The summed E-state index contributed by atoms with van der Waals surface area (Å²) in [5.74, 6) is 0.985. The van der Waals surface area contributed by atoms with Crippen LogP contribution >= 0.6 is 0 Å². The van der Waals surface area contributed by atoms with Gasteiger partial charge >= 0.3 is 0 Å². The van der Waals surface area contributed by atoms with Gasteiger partial charge in [-0.15, -0.1) is 0 Å². The molecule has 0 bridgehead atoms. The number of hydrogen-bond donors (Lipinski definition) is 2. The van der Waals surface area contributed by atoms with Crippen molar-refractivity contribution in [2.45, 2.75) is 45.2 Å². The molecule has 1 aliphatic carbocycles. The molecular weight excluding hydrogens is 236 g/mol.